The van der Waals surface area contributed by atoms with Gasteiger partial charge in [-0.2, -0.15) is 0 Å². The van der Waals surface area contributed by atoms with Crippen molar-refractivity contribution in [1.29, 1.82) is 0 Å². The van der Waals surface area contributed by atoms with Crippen LogP contribution in [0.1, 0.15) is 90.0 Å². The summed E-state index contributed by atoms with van der Waals surface area (Å²) in [4.78, 5) is 23.4. The van der Waals surface area contributed by atoms with Crippen molar-refractivity contribution in [2.75, 3.05) is 11.1 Å². The average Bonchev–Trinajstić information content (AvgIpc) is 3.24. The van der Waals surface area contributed by atoms with Gasteiger partial charge in [0.25, 0.3) is 5.22 Å². The normalized spacial score (nSPS) is 11.9. The molecule has 0 aliphatic heterocycles. The van der Waals surface area contributed by atoms with Crippen LogP contribution in [0, 0.1) is 13.8 Å². The van der Waals surface area contributed by atoms with E-state index < -0.39 is 0 Å². The van der Waals surface area contributed by atoms with E-state index in [0.29, 0.717) is 28.1 Å². The number of thioether (sulfide) groups is 3. The van der Waals surface area contributed by atoms with E-state index in [4.69, 9.17) is 26.0 Å². The lowest BCUT2D eigenvalue weighted by Crippen LogP contribution is -2.14. The van der Waals surface area contributed by atoms with Crippen LogP contribution in [0.4, 0.5) is 5.69 Å². The van der Waals surface area contributed by atoms with Gasteiger partial charge < -0.3 is 9.73 Å². The molecular formula is C29H40ClN3O2S3. The Morgan fingerprint density at radius 3 is 2.37 bits per heavy atom. The minimum atomic E-state index is 0.0482. The van der Waals surface area contributed by atoms with E-state index in [2.05, 4.69) is 52.9 Å². The van der Waals surface area contributed by atoms with Crippen LogP contribution >= 0.6 is 46.9 Å². The molecule has 1 amide bonds. The summed E-state index contributed by atoms with van der Waals surface area (Å²) in [6.45, 7) is 16.9. The fourth-order valence-electron chi connectivity index (χ4n) is 3.98. The van der Waals surface area contributed by atoms with Gasteiger partial charge in [-0.05, 0) is 50.3 Å². The summed E-state index contributed by atoms with van der Waals surface area (Å²) in [6.07, 6.45) is 3.29. The van der Waals surface area contributed by atoms with Gasteiger partial charge in [-0.1, -0.05) is 71.3 Å². The van der Waals surface area contributed by atoms with Crippen molar-refractivity contribution in [2.45, 2.75) is 113 Å². The maximum absolute atomic E-state index is 12.9. The van der Waals surface area contributed by atoms with Crippen LogP contribution in [0.3, 0.4) is 0 Å². The van der Waals surface area contributed by atoms with E-state index in [1.807, 2.05) is 19.9 Å². The standard InChI is InChI=1S/C29H40ClN3O2S3/c1-16(2)21-15-22(30)20(8)25-27(21)35-29(33-25)36-13-11-9-10-12-24(34)32-26-23(37-17(3)4)14-19(7)31-28(26)38-18(5)6/h14-18H,9-13H2,1-8H3,(H,32,34). The molecule has 0 unspecified atom stereocenters. The van der Waals surface area contributed by atoms with Crippen molar-refractivity contribution < 1.29 is 9.21 Å². The molecule has 0 aliphatic carbocycles. The number of halogens is 1. The first-order chi connectivity index (χ1) is 18.0. The SMILES string of the molecule is Cc1cc(SC(C)C)c(NC(=O)CCCCCSc2nc3c(C)c(Cl)cc(C(C)C)c3o2)c(SC(C)C)n1. The number of hydrogen-bond acceptors (Lipinski definition) is 7. The largest absolute Gasteiger partial charge is 0.431 e. The average molecular weight is 594 g/mol. The second-order valence-electron chi connectivity index (χ2n) is 10.4. The fourth-order valence-corrected chi connectivity index (χ4v) is 7.00. The Kier molecular flexibility index (Phi) is 11.8. The van der Waals surface area contributed by atoms with E-state index in [-0.39, 0.29) is 5.91 Å². The number of amides is 1. The predicted molar refractivity (Wildman–Crippen MR) is 167 cm³/mol. The van der Waals surface area contributed by atoms with Gasteiger partial charge >= 0.3 is 0 Å². The molecule has 0 fully saturated rings. The summed E-state index contributed by atoms with van der Waals surface area (Å²) in [7, 11) is 0. The molecule has 0 bridgehead atoms. The van der Waals surface area contributed by atoms with Crippen molar-refractivity contribution in [2.24, 2.45) is 0 Å². The molecule has 0 saturated carbocycles. The molecule has 0 aliphatic rings. The third kappa shape index (κ3) is 8.57. The first-order valence-electron chi connectivity index (χ1n) is 13.3. The minimum Gasteiger partial charge on any atom is -0.431 e. The third-order valence-electron chi connectivity index (χ3n) is 5.81. The molecule has 9 heteroatoms. The van der Waals surface area contributed by atoms with Crippen molar-refractivity contribution in [1.82, 2.24) is 9.97 Å². The van der Waals surface area contributed by atoms with Gasteiger partial charge in [0.15, 0.2) is 5.58 Å². The first kappa shape index (κ1) is 31.2. The fraction of sp³-hybridized carbons (Fsp3) is 0.552. The van der Waals surface area contributed by atoms with Crippen LogP contribution < -0.4 is 5.32 Å². The lowest BCUT2D eigenvalue weighted by atomic mass is 10.0. The van der Waals surface area contributed by atoms with Crippen LogP contribution in [-0.2, 0) is 4.79 Å². The van der Waals surface area contributed by atoms with Crippen molar-refractivity contribution >= 4 is 69.6 Å². The molecular weight excluding hydrogens is 554 g/mol. The number of aryl methyl sites for hydroxylation is 2. The minimum absolute atomic E-state index is 0.0482. The van der Waals surface area contributed by atoms with Crippen LogP contribution in [0.5, 0.6) is 0 Å². The Hall–Kier alpha value is -1.35. The van der Waals surface area contributed by atoms with Crippen molar-refractivity contribution in [3.8, 4) is 0 Å². The summed E-state index contributed by atoms with van der Waals surface area (Å²) in [5, 5.41) is 6.31. The molecule has 0 saturated heterocycles. The van der Waals surface area contributed by atoms with Gasteiger partial charge in [-0.15, -0.1) is 23.5 Å². The zero-order chi connectivity index (χ0) is 28.0. The molecule has 2 aromatic heterocycles. The second-order valence-corrected chi connectivity index (χ2v) is 15.0. The Morgan fingerprint density at radius 1 is 1.00 bits per heavy atom. The molecule has 0 atom stereocenters. The number of rotatable bonds is 13. The Bertz CT molecular complexity index is 1230. The van der Waals surface area contributed by atoms with Gasteiger partial charge in [-0.3, -0.25) is 4.79 Å². The Labute approximate surface area is 245 Å². The number of carbonyl (C=O) groups is 1. The van der Waals surface area contributed by atoms with E-state index in [1.165, 1.54) is 0 Å². The molecule has 5 nitrogen and oxygen atoms in total. The number of anilines is 1. The summed E-state index contributed by atoms with van der Waals surface area (Å²) >= 11 is 11.5. The van der Waals surface area contributed by atoms with E-state index in [1.54, 1.807) is 35.3 Å². The van der Waals surface area contributed by atoms with Crippen LogP contribution in [0.15, 0.2) is 31.7 Å². The number of fused-ring (bicyclic) bond motifs is 1. The maximum Gasteiger partial charge on any atom is 0.256 e. The number of unbranched alkanes of at least 4 members (excludes halogenated alkanes) is 2. The highest BCUT2D eigenvalue weighted by molar-refractivity contribution is 8.01. The number of aromatic nitrogens is 2. The summed E-state index contributed by atoms with van der Waals surface area (Å²) in [6, 6.07) is 4.07. The molecule has 1 N–H and O–H groups in total. The number of nitrogens with one attached hydrogen (secondary N) is 1. The number of nitrogens with zero attached hydrogens (tertiary/aromatic N) is 2. The van der Waals surface area contributed by atoms with E-state index in [9.17, 15) is 4.79 Å². The lowest BCUT2D eigenvalue weighted by Gasteiger charge is -2.18. The topological polar surface area (TPSA) is 68.0 Å². The maximum atomic E-state index is 12.9. The zero-order valence-corrected chi connectivity index (χ0v) is 26.9. The quantitative estimate of drug-likeness (QED) is 0.156. The summed E-state index contributed by atoms with van der Waals surface area (Å²) in [5.41, 5.74) is 5.59. The predicted octanol–water partition coefficient (Wildman–Crippen LogP) is 9.91. The molecule has 208 valence electrons. The number of hydrogen-bond donors (Lipinski definition) is 1. The number of carbonyl (C=O) groups excluding carboxylic acids is 1. The Morgan fingerprint density at radius 2 is 1.71 bits per heavy atom. The van der Waals surface area contributed by atoms with E-state index >= 15 is 0 Å². The zero-order valence-electron chi connectivity index (χ0n) is 23.7. The highest BCUT2D eigenvalue weighted by atomic mass is 35.5. The number of benzene rings is 1. The number of pyridine rings is 1. The molecule has 1 aromatic carbocycles. The monoisotopic (exact) mass is 593 g/mol. The molecule has 38 heavy (non-hydrogen) atoms. The second kappa shape index (κ2) is 14.3. The van der Waals surface area contributed by atoms with Gasteiger partial charge in [0.2, 0.25) is 5.91 Å². The van der Waals surface area contributed by atoms with Gasteiger partial charge in [0.1, 0.15) is 10.5 Å². The summed E-state index contributed by atoms with van der Waals surface area (Å²) in [5.74, 6) is 1.25. The molecule has 3 aromatic rings. The van der Waals surface area contributed by atoms with E-state index in [0.717, 1.165) is 73.6 Å². The van der Waals surface area contributed by atoms with Crippen molar-refractivity contribution in [3.05, 3.63) is 34.0 Å². The first-order valence-corrected chi connectivity index (χ1v) is 16.5. The number of oxazole rings is 1. The molecule has 0 spiro atoms. The summed E-state index contributed by atoms with van der Waals surface area (Å²) < 4.78 is 6.11. The smallest absolute Gasteiger partial charge is 0.256 e. The molecule has 0 radical (unpaired) electrons. The van der Waals surface area contributed by atoms with Gasteiger partial charge in [0, 0.05) is 43.8 Å². The van der Waals surface area contributed by atoms with Gasteiger partial charge in [-0.25, -0.2) is 9.97 Å². The Balaban J connectivity index is 1.53. The van der Waals surface area contributed by atoms with Crippen LogP contribution in [0.2, 0.25) is 5.02 Å². The van der Waals surface area contributed by atoms with Crippen LogP contribution in [0.25, 0.3) is 11.1 Å². The van der Waals surface area contributed by atoms with Crippen molar-refractivity contribution in [3.63, 3.8) is 0 Å². The van der Waals surface area contributed by atoms with Crippen LogP contribution in [-0.4, -0.2) is 32.1 Å². The highest BCUT2D eigenvalue weighted by Gasteiger charge is 2.19. The van der Waals surface area contributed by atoms with Gasteiger partial charge in [0.05, 0.1) is 5.69 Å². The molecule has 2 heterocycles. The highest BCUT2D eigenvalue weighted by Crippen LogP contribution is 2.39. The molecule has 3 rings (SSSR count). The third-order valence-corrected chi connectivity index (χ3v) is 9.16. The lowest BCUT2D eigenvalue weighted by molar-refractivity contribution is -0.116.